The predicted octanol–water partition coefficient (Wildman–Crippen LogP) is 10.9. The van der Waals surface area contributed by atoms with Gasteiger partial charge in [0.1, 0.15) is 0 Å². The smallest absolute Gasteiger partial charge is 0.197 e. The lowest BCUT2D eigenvalue weighted by atomic mass is 9.71. The fourth-order valence-corrected chi connectivity index (χ4v) is 7.40. The Morgan fingerprint density at radius 3 is 1.85 bits per heavy atom. The van der Waals surface area contributed by atoms with E-state index in [9.17, 15) is 9.59 Å². The Bertz CT molecular complexity index is 2240. The zero-order valence-corrected chi connectivity index (χ0v) is 26.8. The summed E-state index contributed by atoms with van der Waals surface area (Å²) in [6.07, 6.45) is 1.78. The molecule has 0 radical (unpaired) electrons. The summed E-state index contributed by atoms with van der Waals surface area (Å²) in [5.74, 6) is -0.417. The number of carbonyl (C=O) groups is 2. The van der Waals surface area contributed by atoms with E-state index in [1.54, 1.807) is 6.08 Å². The van der Waals surface area contributed by atoms with Crippen molar-refractivity contribution in [3.05, 3.63) is 154 Å². The molecule has 0 saturated carbocycles. The van der Waals surface area contributed by atoms with Gasteiger partial charge in [-0.05, 0) is 97.8 Å². The van der Waals surface area contributed by atoms with Gasteiger partial charge in [0.15, 0.2) is 11.6 Å². The van der Waals surface area contributed by atoms with Crippen LogP contribution in [0.1, 0.15) is 77.6 Å². The highest BCUT2D eigenvalue weighted by Crippen LogP contribution is 2.54. The summed E-state index contributed by atoms with van der Waals surface area (Å²) in [5.41, 5.74) is 8.77. The molecule has 224 valence electrons. The van der Waals surface area contributed by atoms with E-state index in [0.717, 1.165) is 39.0 Å². The van der Waals surface area contributed by atoms with Crippen LogP contribution in [0.2, 0.25) is 0 Å². The molecule has 0 fully saturated rings. The van der Waals surface area contributed by atoms with Crippen molar-refractivity contribution >= 4 is 56.2 Å². The van der Waals surface area contributed by atoms with Gasteiger partial charge in [-0.1, -0.05) is 107 Å². The molecule has 0 aromatic heterocycles. The lowest BCUT2D eigenvalue weighted by Crippen LogP contribution is -2.31. The van der Waals surface area contributed by atoms with E-state index in [1.165, 1.54) is 21.9 Å². The second-order valence-electron chi connectivity index (χ2n) is 14.2. The Balaban J connectivity index is 1.30. The molecule has 1 aliphatic carbocycles. The average molecular weight is 598 g/mol. The highest BCUT2D eigenvalue weighted by atomic mass is 16.2. The third-order valence-electron chi connectivity index (χ3n) is 9.87. The SMILES string of the molecule is CC(C)(C)c1ccc(N2c3ccc(C=C4C(=O)c5cc6ccccc6cc5C4=O)cc3C(C)(C)c3c2ccc2ccccc32)cc1. The van der Waals surface area contributed by atoms with Crippen LogP contribution >= 0.6 is 0 Å². The highest BCUT2D eigenvalue weighted by Gasteiger charge is 2.39. The molecular weight excluding hydrogens is 562 g/mol. The molecule has 3 nitrogen and oxygen atoms in total. The fraction of sp³-hybridized carbons (Fsp3) is 0.163. The number of fused-ring (bicyclic) bond motifs is 6. The number of nitrogens with zero attached hydrogens (tertiary/aromatic N) is 1. The first-order valence-corrected chi connectivity index (χ1v) is 15.9. The van der Waals surface area contributed by atoms with Gasteiger partial charge in [0, 0.05) is 22.2 Å². The maximum absolute atomic E-state index is 13.6. The molecule has 6 aromatic rings. The normalized spacial score (nSPS) is 15.2. The van der Waals surface area contributed by atoms with Crippen molar-refractivity contribution in [1.29, 1.82) is 0 Å². The van der Waals surface area contributed by atoms with Gasteiger partial charge in [-0.3, -0.25) is 9.59 Å². The van der Waals surface area contributed by atoms with E-state index in [2.05, 4.69) is 112 Å². The minimum atomic E-state index is -0.355. The molecule has 0 N–H and O–H groups in total. The number of anilines is 3. The average Bonchev–Trinajstić information content (AvgIpc) is 3.27. The number of benzene rings is 6. The maximum Gasteiger partial charge on any atom is 0.197 e. The van der Waals surface area contributed by atoms with E-state index in [-0.39, 0.29) is 28.0 Å². The van der Waals surface area contributed by atoms with Gasteiger partial charge < -0.3 is 4.90 Å². The number of allylic oxidation sites excluding steroid dienone is 1. The monoisotopic (exact) mass is 597 g/mol. The first-order chi connectivity index (χ1) is 22.0. The van der Waals surface area contributed by atoms with E-state index < -0.39 is 0 Å². The van der Waals surface area contributed by atoms with Crippen molar-refractivity contribution in [2.24, 2.45) is 0 Å². The van der Waals surface area contributed by atoms with E-state index in [0.29, 0.717) is 11.1 Å². The molecule has 0 atom stereocenters. The van der Waals surface area contributed by atoms with Crippen LogP contribution < -0.4 is 4.90 Å². The molecule has 3 heteroatoms. The Kier molecular flexibility index (Phi) is 6.05. The first-order valence-electron chi connectivity index (χ1n) is 15.9. The van der Waals surface area contributed by atoms with Crippen LogP contribution in [0.5, 0.6) is 0 Å². The van der Waals surface area contributed by atoms with Gasteiger partial charge in [-0.15, -0.1) is 0 Å². The summed E-state index contributed by atoms with van der Waals surface area (Å²) < 4.78 is 0. The highest BCUT2D eigenvalue weighted by molar-refractivity contribution is 6.42. The molecule has 0 unspecified atom stereocenters. The summed E-state index contributed by atoms with van der Waals surface area (Å²) in [7, 11) is 0. The van der Waals surface area contributed by atoms with Crippen LogP contribution in [0.25, 0.3) is 27.6 Å². The summed E-state index contributed by atoms with van der Waals surface area (Å²) in [6.45, 7) is 11.3. The predicted molar refractivity (Wildman–Crippen MR) is 190 cm³/mol. The van der Waals surface area contributed by atoms with Gasteiger partial charge in [0.2, 0.25) is 0 Å². The van der Waals surface area contributed by atoms with Gasteiger partial charge >= 0.3 is 0 Å². The molecule has 0 spiro atoms. The Morgan fingerprint density at radius 2 is 1.22 bits per heavy atom. The molecule has 2 aliphatic rings. The molecule has 8 rings (SSSR count). The quantitative estimate of drug-likeness (QED) is 0.147. The van der Waals surface area contributed by atoms with Gasteiger partial charge in [0.25, 0.3) is 0 Å². The van der Waals surface area contributed by atoms with Crippen LogP contribution in [-0.2, 0) is 10.8 Å². The van der Waals surface area contributed by atoms with Gasteiger partial charge in [0.05, 0.1) is 16.9 Å². The molecule has 0 bridgehead atoms. The van der Waals surface area contributed by atoms with Crippen LogP contribution in [0.15, 0.2) is 121 Å². The van der Waals surface area contributed by atoms with E-state index in [1.807, 2.05) is 42.5 Å². The summed E-state index contributed by atoms with van der Waals surface area (Å²) in [6, 6.07) is 39.8. The molecule has 0 saturated heterocycles. The first kappa shape index (κ1) is 28.2. The number of ketones is 2. The molecule has 46 heavy (non-hydrogen) atoms. The third-order valence-corrected chi connectivity index (χ3v) is 9.87. The zero-order chi connectivity index (χ0) is 32.0. The topological polar surface area (TPSA) is 37.4 Å². The number of hydrogen-bond donors (Lipinski definition) is 0. The van der Waals surface area contributed by atoms with Crippen LogP contribution in [0, 0.1) is 0 Å². The lowest BCUT2D eigenvalue weighted by Gasteiger charge is -2.43. The zero-order valence-electron chi connectivity index (χ0n) is 26.8. The fourth-order valence-electron chi connectivity index (χ4n) is 7.40. The number of rotatable bonds is 2. The van der Waals surface area contributed by atoms with Crippen LogP contribution in [-0.4, -0.2) is 11.6 Å². The third kappa shape index (κ3) is 4.19. The van der Waals surface area contributed by atoms with Crippen molar-refractivity contribution in [2.75, 3.05) is 4.90 Å². The van der Waals surface area contributed by atoms with Crippen LogP contribution in [0.3, 0.4) is 0 Å². The number of hydrogen-bond acceptors (Lipinski definition) is 3. The Morgan fingerprint density at radius 1 is 0.630 bits per heavy atom. The van der Waals surface area contributed by atoms with Gasteiger partial charge in [-0.25, -0.2) is 0 Å². The number of Topliss-reactive ketones (excluding diaryl/α,β-unsaturated/α-hetero) is 2. The second kappa shape index (κ2) is 9.86. The second-order valence-corrected chi connectivity index (χ2v) is 14.2. The van der Waals surface area contributed by atoms with Crippen LogP contribution in [0.4, 0.5) is 17.1 Å². The van der Waals surface area contributed by atoms with E-state index >= 15 is 0 Å². The van der Waals surface area contributed by atoms with Crippen molar-refractivity contribution in [3.8, 4) is 0 Å². The summed E-state index contributed by atoms with van der Waals surface area (Å²) >= 11 is 0. The van der Waals surface area contributed by atoms with Crippen molar-refractivity contribution < 1.29 is 9.59 Å². The minimum Gasteiger partial charge on any atom is -0.310 e. The summed E-state index contributed by atoms with van der Waals surface area (Å²) in [4.78, 5) is 29.6. The molecule has 0 amide bonds. The number of carbonyl (C=O) groups excluding carboxylic acids is 2. The largest absolute Gasteiger partial charge is 0.310 e. The Hall–Kier alpha value is -5.28. The van der Waals surface area contributed by atoms with Crippen molar-refractivity contribution in [2.45, 2.75) is 45.4 Å². The van der Waals surface area contributed by atoms with E-state index in [4.69, 9.17) is 0 Å². The minimum absolute atomic E-state index is 0.0539. The maximum atomic E-state index is 13.6. The van der Waals surface area contributed by atoms with Crippen molar-refractivity contribution in [3.63, 3.8) is 0 Å². The molecule has 1 aliphatic heterocycles. The Labute approximate surface area is 269 Å². The van der Waals surface area contributed by atoms with Gasteiger partial charge in [-0.2, -0.15) is 0 Å². The standard InChI is InChI=1S/C43H35NO2/c1-42(2,3)30-16-18-31(19-17-30)44-37-20-14-26(22-35-40(45)33-24-28-11-6-7-12-29(28)25-34(33)41(35)46)23-36(37)43(4,5)39-32-13-9-8-10-27(32)15-21-38(39)44/h6-25H,1-5H3. The van der Waals surface area contributed by atoms with Crippen molar-refractivity contribution in [1.82, 2.24) is 0 Å². The lowest BCUT2D eigenvalue weighted by molar-refractivity contribution is 0.0990. The molecular formula is C43H35NO2. The molecule has 1 heterocycles. The summed E-state index contributed by atoms with van der Waals surface area (Å²) in [5, 5.41) is 4.34. The molecule has 6 aromatic carbocycles.